The highest BCUT2D eigenvalue weighted by Crippen LogP contribution is 2.30. The van der Waals surface area contributed by atoms with E-state index < -0.39 is 0 Å². The van der Waals surface area contributed by atoms with E-state index >= 15 is 0 Å². The average Bonchev–Trinajstić information content (AvgIpc) is 2.89. The van der Waals surface area contributed by atoms with Crippen molar-refractivity contribution in [3.63, 3.8) is 0 Å². The van der Waals surface area contributed by atoms with E-state index in [2.05, 4.69) is 69.5 Å². The molecule has 4 heteroatoms. The van der Waals surface area contributed by atoms with Gasteiger partial charge in [-0.15, -0.1) is 11.3 Å². The highest BCUT2D eigenvalue weighted by molar-refractivity contribution is 7.18. The van der Waals surface area contributed by atoms with Crippen molar-refractivity contribution in [2.45, 2.75) is 44.7 Å². The molecule has 3 nitrogen and oxygen atoms in total. The molecule has 1 aromatic carbocycles. The van der Waals surface area contributed by atoms with Crippen molar-refractivity contribution in [1.82, 2.24) is 15.2 Å². The summed E-state index contributed by atoms with van der Waals surface area (Å²) >= 11 is 1.82. The SMILES string of the molecule is CCC(CC)(C(Cc1nc2ccccc2s1)NC)N(C)C. The molecule has 0 fully saturated rings. The Kier molecular flexibility index (Phi) is 5.36. The number of aromatic nitrogens is 1. The van der Waals surface area contributed by atoms with Crippen LogP contribution in [0.25, 0.3) is 10.2 Å². The van der Waals surface area contributed by atoms with Gasteiger partial charge in [-0.05, 0) is 46.1 Å². The summed E-state index contributed by atoms with van der Waals surface area (Å²) < 4.78 is 1.28. The van der Waals surface area contributed by atoms with E-state index in [0.29, 0.717) is 6.04 Å². The number of fused-ring (bicyclic) bond motifs is 1. The molecule has 0 aliphatic heterocycles. The maximum Gasteiger partial charge on any atom is 0.0954 e. The third-order valence-electron chi connectivity index (χ3n) is 4.83. The van der Waals surface area contributed by atoms with E-state index in [9.17, 15) is 0 Å². The molecule has 2 rings (SSSR count). The van der Waals surface area contributed by atoms with Gasteiger partial charge in [0.15, 0.2) is 0 Å². The molecule has 1 heterocycles. The average molecular weight is 305 g/mol. The predicted molar refractivity (Wildman–Crippen MR) is 93.2 cm³/mol. The number of benzene rings is 1. The molecule has 116 valence electrons. The molecule has 1 atom stereocenters. The Morgan fingerprint density at radius 1 is 1.24 bits per heavy atom. The molecule has 2 aromatic rings. The molecule has 1 aromatic heterocycles. The topological polar surface area (TPSA) is 28.2 Å². The van der Waals surface area contributed by atoms with Gasteiger partial charge in [0.2, 0.25) is 0 Å². The second kappa shape index (κ2) is 6.86. The van der Waals surface area contributed by atoms with Crippen molar-refractivity contribution in [1.29, 1.82) is 0 Å². The molecule has 0 saturated carbocycles. The van der Waals surface area contributed by atoms with Gasteiger partial charge in [-0.25, -0.2) is 4.98 Å². The van der Waals surface area contributed by atoms with E-state index in [4.69, 9.17) is 4.98 Å². The summed E-state index contributed by atoms with van der Waals surface area (Å²) in [6.45, 7) is 4.57. The van der Waals surface area contributed by atoms with Crippen molar-refractivity contribution in [2.75, 3.05) is 21.1 Å². The Bertz CT molecular complexity index is 539. The second-order valence-corrected chi connectivity index (χ2v) is 6.94. The number of rotatable bonds is 7. The molecule has 0 saturated heterocycles. The lowest BCUT2D eigenvalue weighted by Gasteiger charge is -2.45. The van der Waals surface area contributed by atoms with Crippen LogP contribution in [0.3, 0.4) is 0 Å². The van der Waals surface area contributed by atoms with Gasteiger partial charge >= 0.3 is 0 Å². The van der Waals surface area contributed by atoms with Gasteiger partial charge in [-0.3, -0.25) is 0 Å². The van der Waals surface area contributed by atoms with Crippen molar-refractivity contribution >= 4 is 21.6 Å². The highest BCUT2D eigenvalue weighted by Gasteiger charge is 2.37. The first-order valence-electron chi connectivity index (χ1n) is 7.76. The van der Waals surface area contributed by atoms with Gasteiger partial charge in [-0.1, -0.05) is 26.0 Å². The molecule has 0 bridgehead atoms. The standard InChI is InChI=1S/C17H27N3S/c1-6-17(7-2,20(4)5)15(18-3)12-16-19-13-10-8-9-11-14(13)21-16/h8-11,15,18H,6-7,12H2,1-5H3. The third-order valence-corrected chi connectivity index (χ3v) is 5.89. The number of para-hydroxylation sites is 1. The monoisotopic (exact) mass is 305 g/mol. The molecule has 0 spiro atoms. The fourth-order valence-corrected chi connectivity index (χ4v) is 4.44. The Hall–Kier alpha value is -0.970. The first-order chi connectivity index (χ1) is 10.1. The van der Waals surface area contributed by atoms with Crippen molar-refractivity contribution in [3.05, 3.63) is 29.3 Å². The van der Waals surface area contributed by atoms with Crippen LogP contribution in [0.15, 0.2) is 24.3 Å². The highest BCUT2D eigenvalue weighted by atomic mass is 32.1. The first kappa shape index (κ1) is 16.4. The van der Waals surface area contributed by atoms with E-state index in [1.54, 1.807) is 0 Å². The smallest absolute Gasteiger partial charge is 0.0954 e. The molecule has 0 aliphatic rings. The molecule has 0 aliphatic carbocycles. The maximum absolute atomic E-state index is 4.80. The summed E-state index contributed by atoms with van der Waals surface area (Å²) in [4.78, 5) is 7.18. The van der Waals surface area contributed by atoms with E-state index in [1.807, 2.05) is 11.3 Å². The minimum absolute atomic E-state index is 0.173. The largest absolute Gasteiger partial charge is 0.315 e. The van der Waals surface area contributed by atoms with Crippen LogP contribution < -0.4 is 5.32 Å². The number of nitrogens with one attached hydrogen (secondary N) is 1. The van der Waals surface area contributed by atoms with Crippen LogP contribution in [0, 0.1) is 0 Å². The predicted octanol–water partition coefficient (Wildman–Crippen LogP) is 3.55. The van der Waals surface area contributed by atoms with E-state index in [-0.39, 0.29) is 5.54 Å². The molecular weight excluding hydrogens is 278 g/mol. The molecule has 0 amide bonds. The zero-order valence-corrected chi connectivity index (χ0v) is 14.6. The zero-order valence-electron chi connectivity index (χ0n) is 13.8. The van der Waals surface area contributed by atoms with Crippen LogP contribution in [-0.4, -0.2) is 42.6 Å². The number of nitrogens with zero attached hydrogens (tertiary/aromatic N) is 2. The van der Waals surface area contributed by atoms with Crippen molar-refractivity contribution in [3.8, 4) is 0 Å². The number of hydrogen-bond acceptors (Lipinski definition) is 4. The van der Waals surface area contributed by atoms with Gasteiger partial charge in [-0.2, -0.15) is 0 Å². The Balaban J connectivity index is 2.29. The van der Waals surface area contributed by atoms with Crippen LogP contribution >= 0.6 is 11.3 Å². The minimum Gasteiger partial charge on any atom is -0.315 e. The maximum atomic E-state index is 4.80. The second-order valence-electron chi connectivity index (χ2n) is 5.83. The van der Waals surface area contributed by atoms with Gasteiger partial charge < -0.3 is 10.2 Å². The summed E-state index contributed by atoms with van der Waals surface area (Å²) in [7, 11) is 6.45. The molecule has 21 heavy (non-hydrogen) atoms. The Morgan fingerprint density at radius 3 is 2.43 bits per heavy atom. The van der Waals surface area contributed by atoms with Crippen molar-refractivity contribution in [2.24, 2.45) is 0 Å². The number of thiazole rings is 1. The molecule has 0 radical (unpaired) electrons. The van der Waals surface area contributed by atoms with Crippen LogP contribution in [0.1, 0.15) is 31.7 Å². The van der Waals surface area contributed by atoms with Crippen molar-refractivity contribution < 1.29 is 0 Å². The third kappa shape index (κ3) is 3.12. The first-order valence-corrected chi connectivity index (χ1v) is 8.58. The van der Waals surface area contributed by atoms with Crippen LogP contribution in [0.4, 0.5) is 0 Å². The summed E-state index contributed by atoms with van der Waals surface area (Å²) in [6.07, 6.45) is 3.25. The number of likely N-dealkylation sites (N-methyl/N-ethyl adjacent to an activating group) is 2. The van der Waals surface area contributed by atoms with Gasteiger partial charge in [0.25, 0.3) is 0 Å². The van der Waals surface area contributed by atoms with Gasteiger partial charge in [0.05, 0.1) is 15.2 Å². The molecule has 1 N–H and O–H groups in total. The summed E-state index contributed by atoms with van der Waals surface area (Å²) in [6, 6.07) is 8.81. The summed E-state index contributed by atoms with van der Waals surface area (Å²) in [5.41, 5.74) is 1.29. The quantitative estimate of drug-likeness (QED) is 0.848. The fourth-order valence-electron chi connectivity index (χ4n) is 3.43. The normalized spacial score (nSPS) is 14.0. The van der Waals surface area contributed by atoms with Crippen LogP contribution in [-0.2, 0) is 6.42 Å². The Morgan fingerprint density at radius 2 is 1.90 bits per heavy atom. The van der Waals surface area contributed by atoms with Crippen LogP contribution in [0.5, 0.6) is 0 Å². The lowest BCUT2D eigenvalue weighted by molar-refractivity contribution is 0.0917. The lowest BCUT2D eigenvalue weighted by atomic mass is 9.81. The number of hydrogen-bond donors (Lipinski definition) is 1. The zero-order chi connectivity index (χ0) is 15.5. The lowest BCUT2D eigenvalue weighted by Crippen LogP contribution is -2.58. The van der Waals surface area contributed by atoms with Crippen LogP contribution in [0.2, 0.25) is 0 Å². The Labute approximate surface area is 132 Å². The van der Waals surface area contributed by atoms with Gasteiger partial charge in [0.1, 0.15) is 0 Å². The fraction of sp³-hybridized carbons (Fsp3) is 0.588. The summed E-state index contributed by atoms with van der Waals surface area (Å²) in [5, 5.41) is 4.77. The molecular formula is C17H27N3S. The summed E-state index contributed by atoms with van der Waals surface area (Å²) in [5.74, 6) is 0. The minimum atomic E-state index is 0.173. The van der Waals surface area contributed by atoms with E-state index in [0.717, 1.165) is 24.8 Å². The van der Waals surface area contributed by atoms with E-state index in [1.165, 1.54) is 9.71 Å². The molecule has 1 unspecified atom stereocenters. The van der Waals surface area contributed by atoms with Gasteiger partial charge in [0, 0.05) is 18.0 Å².